The summed E-state index contributed by atoms with van der Waals surface area (Å²) >= 11 is 5.94. The Balaban J connectivity index is 1.54. The third-order valence-electron chi connectivity index (χ3n) is 6.33. The number of rotatable bonds is 3. The van der Waals surface area contributed by atoms with Crippen molar-refractivity contribution in [2.75, 3.05) is 11.4 Å². The smallest absolute Gasteiger partial charge is 0.239 e. The highest BCUT2D eigenvalue weighted by molar-refractivity contribution is 6.31. The number of imide groups is 1. The van der Waals surface area contributed by atoms with Gasteiger partial charge >= 0.3 is 0 Å². The maximum Gasteiger partial charge on any atom is 0.239 e. The summed E-state index contributed by atoms with van der Waals surface area (Å²) in [6, 6.07) is 11.1. The van der Waals surface area contributed by atoms with E-state index in [0.717, 1.165) is 12.8 Å². The second-order valence-corrected chi connectivity index (χ2v) is 8.24. The summed E-state index contributed by atoms with van der Waals surface area (Å²) < 4.78 is 13.3. The van der Waals surface area contributed by atoms with Crippen molar-refractivity contribution in [3.05, 3.63) is 64.9 Å². The zero-order valence-electron chi connectivity index (χ0n) is 15.4. The van der Waals surface area contributed by atoms with Gasteiger partial charge in [-0.25, -0.2) is 9.29 Å². The van der Waals surface area contributed by atoms with E-state index < -0.39 is 23.7 Å². The first-order valence-corrected chi connectivity index (χ1v) is 10.0. The highest BCUT2D eigenvalue weighted by Crippen LogP contribution is 2.48. The third-order valence-corrected chi connectivity index (χ3v) is 6.59. The Kier molecular flexibility index (Phi) is 4.29. The van der Waals surface area contributed by atoms with Crippen molar-refractivity contribution in [3.63, 3.8) is 0 Å². The van der Waals surface area contributed by atoms with Crippen LogP contribution in [0.25, 0.3) is 0 Å². The van der Waals surface area contributed by atoms with Gasteiger partial charge in [0.2, 0.25) is 11.8 Å². The number of carbonyl (C=O) groups excluding carboxylic acids is 3. The van der Waals surface area contributed by atoms with Gasteiger partial charge in [-0.1, -0.05) is 11.6 Å². The molecule has 5 nitrogen and oxygen atoms in total. The summed E-state index contributed by atoms with van der Waals surface area (Å²) in [4.78, 5) is 43.1. The Morgan fingerprint density at radius 2 is 1.62 bits per heavy atom. The number of anilines is 1. The van der Waals surface area contributed by atoms with E-state index in [1.165, 1.54) is 29.2 Å². The molecule has 2 aromatic rings. The van der Waals surface area contributed by atoms with Crippen molar-refractivity contribution in [2.45, 2.75) is 24.9 Å². The zero-order chi connectivity index (χ0) is 20.3. The van der Waals surface area contributed by atoms with Crippen LogP contribution in [0, 0.1) is 17.7 Å². The summed E-state index contributed by atoms with van der Waals surface area (Å²) in [6.45, 7) is 0.677. The maximum atomic E-state index is 13.3. The molecule has 5 rings (SSSR count). The van der Waals surface area contributed by atoms with E-state index in [9.17, 15) is 18.8 Å². The van der Waals surface area contributed by atoms with Crippen molar-refractivity contribution in [2.24, 2.45) is 11.8 Å². The minimum Gasteiger partial charge on any atom is -0.292 e. The number of amides is 2. The lowest BCUT2D eigenvalue weighted by atomic mass is 9.85. The van der Waals surface area contributed by atoms with E-state index in [0.29, 0.717) is 22.8 Å². The molecule has 3 aliphatic rings. The Morgan fingerprint density at radius 1 is 0.966 bits per heavy atom. The van der Waals surface area contributed by atoms with Crippen LogP contribution in [0.3, 0.4) is 0 Å². The SMILES string of the molecule is O=C(c1ccc(F)cc1)C1C2C(=O)N(c3ccc(Cl)cc3)C(=O)C2C2CCCN21. The predicted octanol–water partition coefficient (Wildman–Crippen LogP) is 3.31. The van der Waals surface area contributed by atoms with Crippen LogP contribution in [-0.2, 0) is 9.59 Å². The summed E-state index contributed by atoms with van der Waals surface area (Å²) in [5.74, 6) is -2.52. The molecule has 7 heteroatoms. The van der Waals surface area contributed by atoms with Crippen LogP contribution in [0.4, 0.5) is 10.1 Å². The average molecular weight is 413 g/mol. The monoisotopic (exact) mass is 412 g/mol. The lowest BCUT2D eigenvalue weighted by Crippen LogP contribution is -2.46. The number of hydrogen-bond acceptors (Lipinski definition) is 4. The van der Waals surface area contributed by atoms with Crippen molar-refractivity contribution in [1.82, 2.24) is 4.90 Å². The first kappa shape index (κ1) is 18.5. The standard InChI is InChI=1S/C22H18ClFN2O3/c23-13-5-9-15(10-6-13)26-21(28)17-16-2-1-11-25(16)19(18(17)22(26)29)20(27)12-3-7-14(24)8-4-12/h3-10,16-19H,1-2,11H2. The minimum atomic E-state index is -0.721. The molecule has 3 heterocycles. The fourth-order valence-corrected chi connectivity index (χ4v) is 5.27. The van der Waals surface area contributed by atoms with Crippen LogP contribution in [0.2, 0.25) is 5.02 Å². The number of Topliss-reactive ketones (excluding diaryl/α,β-unsaturated/α-hetero) is 1. The zero-order valence-corrected chi connectivity index (χ0v) is 16.2. The summed E-state index contributed by atoms with van der Waals surface area (Å²) in [5, 5.41) is 0.513. The summed E-state index contributed by atoms with van der Waals surface area (Å²) in [5.41, 5.74) is 0.823. The molecule has 2 amide bonds. The van der Waals surface area contributed by atoms with Crippen molar-refractivity contribution >= 4 is 34.9 Å². The Bertz CT molecular complexity index is 1010. The normalized spacial score (nSPS) is 28.7. The fourth-order valence-electron chi connectivity index (χ4n) is 5.14. The van der Waals surface area contributed by atoms with Crippen LogP contribution < -0.4 is 4.90 Å². The molecule has 4 atom stereocenters. The third kappa shape index (κ3) is 2.74. The van der Waals surface area contributed by atoms with Crippen molar-refractivity contribution in [3.8, 4) is 0 Å². The highest BCUT2D eigenvalue weighted by atomic mass is 35.5. The van der Waals surface area contributed by atoms with E-state index >= 15 is 0 Å². The molecule has 0 aliphatic carbocycles. The second kappa shape index (κ2) is 6.75. The number of benzene rings is 2. The fraction of sp³-hybridized carbons (Fsp3) is 0.318. The van der Waals surface area contributed by atoms with E-state index in [2.05, 4.69) is 0 Å². The van der Waals surface area contributed by atoms with Gasteiger partial charge < -0.3 is 0 Å². The molecule has 29 heavy (non-hydrogen) atoms. The first-order valence-electron chi connectivity index (χ1n) is 9.66. The molecule has 0 aromatic heterocycles. The van der Waals surface area contributed by atoms with Crippen LogP contribution in [0.15, 0.2) is 48.5 Å². The van der Waals surface area contributed by atoms with Gasteiger partial charge in [-0.3, -0.25) is 19.3 Å². The minimum absolute atomic E-state index is 0.122. The Hall–Kier alpha value is -2.57. The van der Waals surface area contributed by atoms with Gasteiger partial charge in [0.05, 0.1) is 23.6 Å². The molecule has 0 bridgehead atoms. The molecule has 3 saturated heterocycles. The van der Waals surface area contributed by atoms with Gasteiger partial charge in [-0.05, 0) is 67.9 Å². The lowest BCUT2D eigenvalue weighted by Gasteiger charge is -2.27. The van der Waals surface area contributed by atoms with E-state index in [1.54, 1.807) is 24.3 Å². The van der Waals surface area contributed by atoms with E-state index in [-0.39, 0.29) is 23.6 Å². The summed E-state index contributed by atoms with van der Waals surface area (Å²) in [7, 11) is 0. The topological polar surface area (TPSA) is 57.7 Å². The molecule has 148 valence electrons. The molecular formula is C22H18ClFN2O3. The molecule has 3 fully saturated rings. The molecule has 0 radical (unpaired) electrons. The van der Waals surface area contributed by atoms with Gasteiger partial charge in [0.15, 0.2) is 5.78 Å². The lowest BCUT2D eigenvalue weighted by molar-refractivity contribution is -0.123. The molecular weight excluding hydrogens is 395 g/mol. The molecule has 4 unspecified atom stereocenters. The van der Waals surface area contributed by atoms with E-state index in [1.807, 2.05) is 4.90 Å². The number of ketones is 1. The van der Waals surface area contributed by atoms with E-state index in [4.69, 9.17) is 11.6 Å². The van der Waals surface area contributed by atoms with Gasteiger partial charge in [0.25, 0.3) is 0 Å². The quantitative estimate of drug-likeness (QED) is 0.573. The van der Waals surface area contributed by atoms with Gasteiger partial charge in [-0.2, -0.15) is 0 Å². The predicted molar refractivity (Wildman–Crippen MR) is 105 cm³/mol. The molecule has 0 spiro atoms. The molecule has 3 aliphatic heterocycles. The van der Waals surface area contributed by atoms with Crippen molar-refractivity contribution < 1.29 is 18.8 Å². The highest BCUT2D eigenvalue weighted by Gasteiger charge is 2.64. The molecule has 0 N–H and O–H groups in total. The Morgan fingerprint density at radius 3 is 2.31 bits per heavy atom. The Labute approximate surface area is 172 Å². The first-order chi connectivity index (χ1) is 14.0. The number of halogens is 2. The molecule has 2 aromatic carbocycles. The number of fused-ring (bicyclic) bond motifs is 3. The van der Waals surface area contributed by atoms with Crippen LogP contribution >= 0.6 is 11.6 Å². The number of carbonyl (C=O) groups is 3. The van der Waals surface area contributed by atoms with Crippen molar-refractivity contribution in [1.29, 1.82) is 0 Å². The van der Waals surface area contributed by atoms with Crippen LogP contribution in [-0.4, -0.2) is 41.1 Å². The number of hydrogen-bond donors (Lipinski definition) is 0. The average Bonchev–Trinajstić information content (AvgIpc) is 3.35. The number of nitrogens with zero attached hydrogens (tertiary/aromatic N) is 2. The molecule has 0 saturated carbocycles. The van der Waals surface area contributed by atoms with Gasteiger partial charge in [0.1, 0.15) is 5.82 Å². The van der Waals surface area contributed by atoms with Crippen LogP contribution in [0.1, 0.15) is 23.2 Å². The van der Waals surface area contributed by atoms with Gasteiger partial charge in [0, 0.05) is 16.6 Å². The van der Waals surface area contributed by atoms with Gasteiger partial charge in [-0.15, -0.1) is 0 Å². The summed E-state index contributed by atoms with van der Waals surface area (Å²) in [6.07, 6.45) is 1.66. The largest absolute Gasteiger partial charge is 0.292 e. The maximum absolute atomic E-state index is 13.3. The van der Waals surface area contributed by atoms with Crippen LogP contribution in [0.5, 0.6) is 0 Å². The second-order valence-electron chi connectivity index (χ2n) is 7.80.